The van der Waals surface area contributed by atoms with Gasteiger partial charge < -0.3 is 20.5 Å². The monoisotopic (exact) mass is 441 g/mol. The average molecular weight is 441 g/mol. The minimum atomic E-state index is -4.70. The molecule has 0 spiro atoms. The van der Waals surface area contributed by atoms with Crippen LogP contribution in [0.5, 0.6) is 5.75 Å². The van der Waals surface area contributed by atoms with Crippen molar-refractivity contribution in [2.75, 3.05) is 12.4 Å². The predicted molar refractivity (Wildman–Crippen MR) is 101 cm³/mol. The lowest BCUT2D eigenvalue weighted by Crippen LogP contribution is -2.34. The first-order valence-electron chi connectivity index (χ1n) is 9.14. The minimum absolute atomic E-state index is 0.0501. The summed E-state index contributed by atoms with van der Waals surface area (Å²) >= 11 is 0. The van der Waals surface area contributed by atoms with Gasteiger partial charge in [0.2, 0.25) is 0 Å². The first-order chi connectivity index (χ1) is 14.5. The van der Waals surface area contributed by atoms with Gasteiger partial charge in [-0.3, -0.25) is 14.6 Å². The van der Waals surface area contributed by atoms with Crippen molar-refractivity contribution in [3.05, 3.63) is 53.1 Å². The van der Waals surface area contributed by atoms with Gasteiger partial charge in [0, 0.05) is 28.9 Å². The van der Waals surface area contributed by atoms with E-state index >= 15 is 0 Å². The van der Waals surface area contributed by atoms with Gasteiger partial charge in [0.05, 0.1) is 7.11 Å². The molecule has 3 N–H and O–H groups in total. The van der Waals surface area contributed by atoms with Gasteiger partial charge in [-0.1, -0.05) is 6.07 Å². The molecule has 7 nitrogen and oxygen atoms in total. The van der Waals surface area contributed by atoms with E-state index in [0.717, 1.165) is 6.07 Å². The Balaban J connectivity index is 1.96. The summed E-state index contributed by atoms with van der Waals surface area (Å²) in [4.78, 5) is 27.9. The van der Waals surface area contributed by atoms with E-state index in [1.54, 1.807) is 0 Å². The maximum absolute atomic E-state index is 13.9. The molecule has 2 aromatic rings. The normalized spacial score (nSPS) is 21.0. The molecule has 1 fully saturated rings. The number of benzene rings is 1. The van der Waals surface area contributed by atoms with Crippen LogP contribution < -0.4 is 15.8 Å². The smallest absolute Gasteiger partial charge is 0.414 e. The molecule has 1 aromatic heterocycles. The lowest BCUT2D eigenvalue weighted by Gasteiger charge is -2.21. The summed E-state index contributed by atoms with van der Waals surface area (Å²) in [5.41, 5.74) is 5.45. The summed E-state index contributed by atoms with van der Waals surface area (Å²) in [6.07, 6.45) is -7.78. The van der Waals surface area contributed by atoms with Crippen LogP contribution in [0.25, 0.3) is 0 Å². The minimum Gasteiger partial charge on any atom is -0.496 e. The van der Waals surface area contributed by atoms with Crippen LogP contribution in [0.4, 0.5) is 23.2 Å². The fourth-order valence-corrected chi connectivity index (χ4v) is 3.53. The lowest BCUT2D eigenvalue weighted by molar-refractivity contribution is -0.213. The third kappa shape index (κ3) is 4.61. The van der Waals surface area contributed by atoms with E-state index in [1.807, 2.05) is 0 Å². The zero-order chi connectivity index (χ0) is 22.9. The van der Waals surface area contributed by atoms with Crippen molar-refractivity contribution in [1.29, 1.82) is 0 Å². The van der Waals surface area contributed by atoms with Crippen molar-refractivity contribution in [2.24, 2.45) is 5.73 Å². The van der Waals surface area contributed by atoms with Gasteiger partial charge in [0.25, 0.3) is 11.8 Å². The Morgan fingerprint density at radius 3 is 2.61 bits per heavy atom. The fourth-order valence-electron chi connectivity index (χ4n) is 3.53. The standard InChI is InChI=1S/C20H19F4N3O4/c1-9-13(21)4-3-11(16(9)30-2)12-8-15(20(22,23)24)31-17(12)19(29)27-10-5-6-26-14(7-10)18(25)28/h3-7,12,15,17H,8H2,1-2H3,(H2,25,28)(H,26,27,29)/t12-,15-,17+/m0/s1. The van der Waals surface area contributed by atoms with Gasteiger partial charge in [-0.25, -0.2) is 4.39 Å². The number of anilines is 1. The van der Waals surface area contributed by atoms with Gasteiger partial charge in [-0.05, 0) is 31.5 Å². The number of nitrogens with zero attached hydrogens (tertiary/aromatic N) is 1. The number of alkyl halides is 3. The molecule has 0 bridgehead atoms. The highest BCUT2D eigenvalue weighted by atomic mass is 19.4. The summed E-state index contributed by atoms with van der Waals surface area (Å²) in [6.45, 7) is 1.42. The molecule has 166 valence electrons. The quantitative estimate of drug-likeness (QED) is 0.695. The number of nitrogens with one attached hydrogen (secondary N) is 1. The highest BCUT2D eigenvalue weighted by molar-refractivity contribution is 5.97. The molecule has 1 saturated heterocycles. The highest BCUT2D eigenvalue weighted by Crippen LogP contribution is 2.45. The second-order valence-corrected chi connectivity index (χ2v) is 7.01. The van der Waals surface area contributed by atoms with Crippen molar-refractivity contribution in [3.63, 3.8) is 0 Å². The molecule has 3 atom stereocenters. The molecule has 2 heterocycles. The average Bonchev–Trinajstić information content (AvgIpc) is 3.16. The molecule has 2 amide bonds. The van der Waals surface area contributed by atoms with Crippen molar-refractivity contribution in [3.8, 4) is 5.75 Å². The predicted octanol–water partition coefficient (Wildman–Crippen LogP) is 3.08. The van der Waals surface area contributed by atoms with Crippen LogP contribution in [-0.4, -0.2) is 42.3 Å². The fraction of sp³-hybridized carbons (Fsp3) is 0.350. The van der Waals surface area contributed by atoms with Gasteiger partial charge in [-0.2, -0.15) is 13.2 Å². The molecule has 3 rings (SSSR count). The van der Waals surface area contributed by atoms with E-state index in [2.05, 4.69) is 10.3 Å². The number of amides is 2. The number of nitrogens with two attached hydrogens (primary N) is 1. The first kappa shape index (κ1) is 22.5. The van der Waals surface area contributed by atoms with Crippen molar-refractivity contribution >= 4 is 17.5 Å². The summed E-state index contributed by atoms with van der Waals surface area (Å²) in [5.74, 6) is -3.31. The van der Waals surface area contributed by atoms with E-state index in [0.29, 0.717) is 0 Å². The van der Waals surface area contributed by atoms with Crippen molar-refractivity contribution in [1.82, 2.24) is 4.98 Å². The SMILES string of the molecule is COc1c([C@@H]2C[C@@H](C(F)(F)F)O[C@H]2C(=O)Nc2ccnc(C(N)=O)c2)ccc(F)c1C. The number of rotatable bonds is 5. The number of pyridine rings is 1. The van der Waals surface area contributed by atoms with Crippen LogP contribution in [0.15, 0.2) is 30.5 Å². The molecular formula is C20H19F4N3O4. The van der Waals surface area contributed by atoms with Crippen LogP contribution in [-0.2, 0) is 9.53 Å². The summed E-state index contributed by atoms with van der Waals surface area (Å²) < 4.78 is 64.3. The summed E-state index contributed by atoms with van der Waals surface area (Å²) in [7, 11) is 1.26. The van der Waals surface area contributed by atoms with E-state index in [4.69, 9.17) is 15.2 Å². The van der Waals surface area contributed by atoms with E-state index in [9.17, 15) is 27.2 Å². The molecule has 1 aliphatic heterocycles. The molecule has 1 aliphatic rings. The maximum Gasteiger partial charge on any atom is 0.414 e. The molecule has 0 unspecified atom stereocenters. The lowest BCUT2D eigenvalue weighted by atomic mass is 9.88. The highest BCUT2D eigenvalue weighted by Gasteiger charge is 2.52. The summed E-state index contributed by atoms with van der Waals surface area (Å²) in [5, 5.41) is 2.42. The van der Waals surface area contributed by atoms with Crippen LogP contribution in [0.2, 0.25) is 0 Å². The molecular weight excluding hydrogens is 422 g/mol. The van der Waals surface area contributed by atoms with Crippen LogP contribution in [0, 0.1) is 12.7 Å². The van der Waals surface area contributed by atoms with Gasteiger partial charge in [0.15, 0.2) is 6.10 Å². The van der Waals surface area contributed by atoms with Gasteiger partial charge in [-0.15, -0.1) is 0 Å². The topological polar surface area (TPSA) is 104 Å². The molecule has 0 radical (unpaired) electrons. The van der Waals surface area contributed by atoms with Crippen molar-refractivity contribution < 1.29 is 36.6 Å². The maximum atomic E-state index is 13.9. The number of carbonyl (C=O) groups excluding carboxylic acids is 2. The van der Waals surface area contributed by atoms with Crippen LogP contribution in [0.3, 0.4) is 0 Å². The second kappa shape index (κ2) is 8.50. The third-order valence-corrected chi connectivity index (χ3v) is 5.02. The zero-order valence-electron chi connectivity index (χ0n) is 16.5. The van der Waals surface area contributed by atoms with E-state index in [-0.39, 0.29) is 28.3 Å². The van der Waals surface area contributed by atoms with Crippen LogP contribution >= 0.6 is 0 Å². The number of hydrogen-bond donors (Lipinski definition) is 2. The van der Waals surface area contributed by atoms with Crippen molar-refractivity contribution in [2.45, 2.75) is 37.6 Å². The van der Waals surface area contributed by atoms with Crippen LogP contribution in [0.1, 0.15) is 34.0 Å². The number of carbonyl (C=O) groups is 2. The summed E-state index contributed by atoms with van der Waals surface area (Å²) in [6, 6.07) is 4.92. The largest absolute Gasteiger partial charge is 0.496 e. The number of hydrogen-bond acceptors (Lipinski definition) is 5. The number of methoxy groups -OCH3 is 1. The molecule has 0 saturated carbocycles. The molecule has 1 aromatic carbocycles. The first-order valence-corrected chi connectivity index (χ1v) is 9.14. The molecule has 0 aliphatic carbocycles. The van der Waals surface area contributed by atoms with Gasteiger partial charge in [0.1, 0.15) is 23.4 Å². The zero-order valence-corrected chi connectivity index (χ0v) is 16.5. The number of halogens is 4. The van der Waals surface area contributed by atoms with E-state index < -0.39 is 48.4 Å². The Morgan fingerprint density at radius 1 is 1.29 bits per heavy atom. The molecule has 11 heteroatoms. The Morgan fingerprint density at radius 2 is 2.00 bits per heavy atom. The number of ether oxygens (including phenoxy) is 2. The Labute approximate surface area is 174 Å². The second-order valence-electron chi connectivity index (χ2n) is 7.01. The molecule has 31 heavy (non-hydrogen) atoms. The third-order valence-electron chi connectivity index (χ3n) is 5.02. The number of primary amides is 1. The van der Waals surface area contributed by atoms with Gasteiger partial charge >= 0.3 is 6.18 Å². The Hall–Kier alpha value is -3.21. The number of aromatic nitrogens is 1. The Bertz CT molecular complexity index is 1010. The van der Waals surface area contributed by atoms with E-state index in [1.165, 1.54) is 38.4 Å². The Kier molecular flexibility index (Phi) is 6.16.